The highest BCUT2D eigenvalue weighted by atomic mass is 79.9. The summed E-state index contributed by atoms with van der Waals surface area (Å²) in [6.07, 6.45) is 0.919. The predicted octanol–water partition coefficient (Wildman–Crippen LogP) is 6.09. The van der Waals surface area contributed by atoms with Crippen LogP contribution in [0.4, 0.5) is 0 Å². The van der Waals surface area contributed by atoms with Crippen LogP contribution >= 0.6 is 43.5 Å². The second kappa shape index (κ2) is 6.23. The molecular weight excluding hydrogens is 375 g/mol. The topological polar surface area (TPSA) is 0 Å². The molecule has 0 amide bonds. The van der Waals surface area contributed by atoms with Gasteiger partial charge in [0, 0.05) is 14.3 Å². The predicted molar refractivity (Wildman–Crippen MR) is 85.7 cm³/mol. The molecule has 0 heterocycles. The summed E-state index contributed by atoms with van der Waals surface area (Å²) < 4.78 is 1.11. The van der Waals surface area contributed by atoms with E-state index in [0.29, 0.717) is 0 Å². The van der Waals surface area contributed by atoms with Gasteiger partial charge in [0.2, 0.25) is 0 Å². The maximum Gasteiger partial charge on any atom is 0.0452 e. The average molecular weight is 389 g/mol. The van der Waals surface area contributed by atoms with Gasteiger partial charge in [-0.1, -0.05) is 67.7 Å². The van der Waals surface area contributed by atoms with E-state index in [2.05, 4.69) is 62.2 Å². The molecule has 94 valence electrons. The second-order valence-electron chi connectivity index (χ2n) is 4.33. The number of alkyl halides is 1. The lowest BCUT2D eigenvalue weighted by molar-refractivity contribution is 0.947. The fourth-order valence-electron chi connectivity index (χ4n) is 1.87. The van der Waals surface area contributed by atoms with Crippen LogP contribution in [0.15, 0.2) is 46.9 Å². The van der Waals surface area contributed by atoms with Crippen molar-refractivity contribution in [2.24, 2.45) is 0 Å². The number of hydrogen-bond donors (Lipinski definition) is 0. The summed E-state index contributed by atoms with van der Waals surface area (Å²) in [5.41, 5.74) is 3.61. The van der Waals surface area contributed by atoms with E-state index >= 15 is 0 Å². The normalized spacial score (nSPS) is 12.4. The van der Waals surface area contributed by atoms with Crippen molar-refractivity contribution in [3.8, 4) is 0 Å². The van der Waals surface area contributed by atoms with Gasteiger partial charge in [-0.3, -0.25) is 0 Å². The summed E-state index contributed by atoms with van der Waals surface area (Å²) in [7, 11) is 0. The molecule has 1 atom stereocenters. The lowest BCUT2D eigenvalue weighted by Crippen LogP contribution is -1.96. The van der Waals surface area contributed by atoms with E-state index in [1.54, 1.807) is 0 Å². The van der Waals surface area contributed by atoms with Crippen LogP contribution in [0.2, 0.25) is 5.02 Å². The quantitative estimate of drug-likeness (QED) is 0.558. The Hall–Kier alpha value is -0.310. The smallest absolute Gasteiger partial charge is 0.0452 e. The molecule has 3 heteroatoms. The molecule has 0 aromatic heterocycles. The van der Waals surface area contributed by atoms with Crippen LogP contribution in [0.5, 0.6) is 0 Å². The van der Waals surface area contributed by atoms with Crippen molar-refractivity contribution in [2.45, 2.75) is 18.2 Å². The summed E-state index contributed by atoms with van der Waals surface area (Å²) in [5, 5.41) is 0.826. The minimum absolute atomic E-state index is 0.236. The van der Waals surface area contributed by atoms with Crippen LogP contribution < -0.4 is 0 Å². The van der Waals surface area contributed by atoms with Crippen molar-refractivity contribution in [3.05, 3.63) is 68.7 Å². The van der Waals surface area contributed by atoms with Gasteiger partial charge in [0.05, 0.1) is 0 Å². The molecule has 0 saturated carbocycles. The Bertz CT molecular complexity index is 552. The Kier molecular flexibility index (Phi) is 4.88. The molecule has 0 nitrogen and oxygen atoms in total. The Labute approximate surface area is 130 Å². The Morgan fingerprint density at radius 1 is 1.17 bits per heavy atom. The SMILES string of the molecule is Cc1ccc(C(Br)Cc2cccc(Br)c2)c(Cl)c1. The Morgan fingerprint density at radius 3 is 2.61 bits per heavy atom. The molecule has 0 bridgehead atoms. The van der Waals surface area contributed by atoms with Gasteiger partial charge >= 0.3 is 0 Å². The first-order valence-electron chi connectivity index (χ1n) is 5.71. The summed E-state index contributed by atoms with van der Waals surface area (Å²) in [6, 6.07) is 14.5. The molecule has 0 aliphatic rings. The third-order valence-corrected chi connectivity index (χ3v) is 4.43. The van der Waals surface area contributed by atoms with Gasteiger partial charge in [0.25, 0.3) is 0 Å². The van der Waals surface area contributed by atoms with E-state index in [4.69, 9.17) is 11.6 Å². The fraction of sp³-hybridized carbons (Fsp3) is 0.200. The van der Waals surface area contributed by atoms with Crippen molar-refractivity contribution in [2.75, 3.05) is 0 Å². The van der Waals surface area contributed by atoms with Crippen LogP contribution in [-0.2, 0) is 6.42 Å². The molecule has 0 radical (unpaired) electrons. The van der Waals surface area contributed by atoms with Crippen molar-refractivity contribution in [1.29, 1.82) is 0 Å². The van der Waals surface area contributed by atoms with Gasteiger partial charge < -0.3 is 0 Å². The molecule has 0 aliphatic heterocycles. The van der Waals surface area contributed by atoms with Gasteiger partial charge in [-0.25, -0.2) is 0 Å². The third kappa shape index (κ3) is 3.59. The van der Waals surface area contributed by atoms with Crippen LogP contribution in [-0.4, -0.2) is 0 Å². The molecule has 2 aromatic carbocycles. The molecule has 2 rings (SSSR count). The summed E-state index contributed by atoms with van der Waals surface area (Å²) in [4.78, 5) is 0.236. The summed E-state index contributed by atoms with van der Waals surface area (Å²) in [6.45, 7) is 2.05. The molecule has 18 heavy (non-hydrogen) atoms. The molecule has 2 aromatic rings. The van der Waals surface area contributed by atoms with Crippen LogP contribution in [0.25, 0.3) is 0 Å². The van der Waals surface area contributed by atoms with Crippen molar-refractivity contribution < 1.29 is 0 Å². The highest BCUT2D eigenvalue weighted by molar-refractivity contribution is 9.10. The minimum atomic E-state index is 0.236. The zero-order chi connectivity index (χ0) is 13.1. The number of rotatable bonds is 3. The molecule has 1 unspecified atom stereocenters. The van der Waals surface area contributed by atoms with Gasteiger partial charge in [0.15, 0.2) is 0 Å². The van der Waals surface area contributed by atoms with Crippen molar-refractivity contribution in [3.63, 3.8) is 0 Å². The third-order valence-electron chi connectivity index (χ3n) is 2.80. The molecule has 0 aliphatic carbocycles. The van der Waals surface area contributed by atoms with E-state index in [9.17, 15) is 0 Å². The van der Waals surface area contributed by atoms with Crippen molar-refractivity contribution >= 4 is 43.5 Å². The monoisotopic (exact) mass is 386 g/mol. The first-order valence-corrected chi connectivity index (χ1v) is 7.79. The molecule has 0 spiro atoms. The highest BCUT2D eigenvalue weighted by Crippen LogP contribution is 2.33. The molecular formula is C15H13Br2Cl. The Balaban J connectivity index is 2.19. The highest BCUT2D eigenvalue weighted by Gasteiger charge is 2.12. The number of halogens is 3. The zero-order valence-corrected chi connectivity index (χ0v) is 13.9. The van der Waals surface area contributed by atoms with Crippen LogP contribution in [0.1, 0.15) is 21.5 Å². The molecule has 0 fully saturated rings. The van der Waals surface area contributed by atoms with E-state index in [0.717, 1.165) is 21.5 Å². The number of benzene rings is 2. The lowest BCUT2D eigenvalue weighted by Gasteiger charge is -2.13. The minimum Gasteiger partial charge on any atom is -0.0840 e. The summed E-state index contributed by atoms with van der Waals surface area (Å²) in [5.74, 6) is 0. The largest absolute Gasteiger partial charge is 0.0840 e. The first kappa shape index (κ1) is 14.1. The molecule has 0 N–H and O–H groups in total. The lowest BCUT2D eigenvalue weighted by atomic mass is 10.0. The maximum atomic E-state index is 6.28. The molecule has 0 saturated heterocycles. The second-order valence-corrected chi connectivity index (χ2v) is 6.75. The van der Waals surface area contributed by atoms with Gasteiger partial charge in [-0.2, -0.15) is 0 Å². The van der Waals surface area contributed by atoms with E-state index in [1.165, 1.54) is 11.1 Å². The Morgan fingerprint density at radius 2 is 1.94 bits per heavy atom. The van der Waals surface area contributed by atoms with Gasteiger partial charge in [-0.05, 0) is 48.2 Å². The van der Waals surface area contributed by atoms with Gasteiger partial charge in [-0.15, -0.1) is 0 Å². The van der Waals surface area contributed by atoms with Crippen LogP contribution in [0.3, 0.4) is 0 Å². The van der Waals surface area contributed by atoms with E-state index < -0.39 is 0 Å². The fourth-order valence-corrected chi connectivity index (χ4v) is 3.59. The van der Waals surface area contributed by atoms with Gasteiger partial charge in [0.1, 0.15) is 0 Å². The maximum absolute atomic E-state index is 6.28. The standard InChI is InChI=1S/C15H13Br2Cl/c1-10-5-6-13(15(18)7-10)14(17)9-11-3-2-4-12(16)8-11/h2-8,14H,9H2,1H3. The van der Waals surface area contributed by atoms with Crippen LogP contribution in [0, 0.1) is 6.92 Å². The van der Waals surface area contributed by atoms with E-state index in [-0.39, 0.29) is 4.83 Å². The number of aryl methyl sites for hydroxylation is 1. The number of hydrogen-bond acceptors (Lipinski definition) is 0. The first-order chi connectivity index (χ1) is 8.56. The van der Waals surface area contributed by atoms with Crippen molar-refractivity contribution in [1.82, 2.24) is 0 Å². The average Bonchev–Trinajstić information content (AvgIpc) is 2.28. The summed E-state index contributed by atoms with van der Waals surface area (Å²) >= 11 is 13.5. The van der Waals surface area contributed by atoms with E-state index in [1.807, 2.05) is 19.1 Å². The zero-order valence-electron chi connectivity index (χ0n) is 9.96.